The van der Waals surface area contributed by atoms with Crippen molar-refractivity contribution >= 4 is 5.97 Å². The Morgan fingerprint density at radius 1 is 1.53 bits per heavy atom. The molecule has 0 saturated carbocycles. The van der Waals surface area contributed by atoms with Gasteiger partial charge in [0.2, 0.25) is 0 Å². The molecule has 1 N–H and O–H groups in total. The lowest BCUT2D eigenvalue weighted by Gasteiger charge is -2.11. The molecule has 0 aliphatic rings. The van der Waals surface area contributed by atoms with Gasteiger partial charge in [0.25, 0.3) is 0 Å². The molecule has 0 aromatic heterocycles. The second-order valence-electron chi connectivity index (χ2n) is 3.62. The van der Waals surface area contributed by atoms with Gasteiger partial charge >= 0.3 is 5.97 Å². The van der Waals surface area contributed by atoms with E-state index in [9.17, 15) is 9.18 Å². The van der Waals surface area contributed by atoms with Gasteiger partial charge in [0, 0.05) is 0 Å². The first kappa shape index (κ1) is 11.5. The highest BCUT2D eigenvalue weighted by Gasteiger charge is 2.16. The number of carbonyl (C=O) groups is 1. The maximum Gasteiger partial charge on any atom is 0.342 e. The van der Waals surface area contributed by atoms with Crippen LogP contribution in [0.25, 0.3) is 0 Å². The number of benzene rings is 1. The van der Waals surface area contributed by atoms with Crippen LogP contribution in [-0.2, 0) is 0 Å². The molecular weight excluding hydrogens is 199 g/mol. The number of ether oxygens (including phenoxy) is 1. The molecule has 0 unspecified atom stereocenters. The smallest absolute Gasteiger partial charge is 0.342 e. The molecule has 1 rings (SSSR count). The Hall–Kier alpha value is -1.58. The van der Waals surface area contributed by atoms with Gasteiger partial charge < -0.3 is 9.84 Å². The third-order valence-corrected chi connectivity index (χ3v) is 1.76. The summed E-state index contributed by atoms with van der Waals surface area (Å²) in [7, 11) is 0. The molecule has 3 nitrogen and oxygen atoms in total. The molecule has 0 bridgehead atoms. The summed E-state index contributed by atoms with van der Waals surface area (Å²) in [4.78, 5) is 10.8. The summed E-state index contributed by atoms with van der Waals surface area (Å²) in [6.07, 6.45) is 0. The minimum absolute atomic E-state index is 0.0798. The van der Waals surface area contributed by atoms with Crippen LogP contribution in [-0.4, -0.2) is 17.7 Å². The lowest BCUT2D eigenvalue weighted by molar-refractivity contribution is 0.0686. The largest absolute Gasteiger partial charge is 0.492 e. The summed E-state index contributed by atoms with van der Waals surface area (Å²) < 4.78 is 18.4. The highest BCUT2D eigenvalue weighted by molar-refractivity contribution is 5.91. The minimum atomic E-state index is -1.31. The Labute approximate surface area is 87.5 Å². The Bertz CT molecular complexity index is 361. The molecule has 15 heavy (non-hydrogen) atoms. The number of carboxylic acid groups (broad SMARTS) is 1. The van der Waals surface area contributed by atoms with E-state index in [4.69, 9.17) is 9.84 Å². The monoisotopic (exact) mass is 212 g/mol. The van der Waals surface area contributed by atoms with E-state index in [1.165, 1.54) is 12.1 Å². The number of hydrogen-bond acceptors (Lipinski definition) is 2. The predicted molar refractivity (Wildman–Crippen MR) is 53.7 cm³/mol. The van der Waals surface area contributed by atoms with E-state index >= 15 is 0 Å². The van der Waals surface area contributed by atoms with Gasteiger partial charge in [-0.15, -0.1) is 0 Å². The number of hydrogen-bond donors (Lipinski definition) is 1. The fraction of sp³-hybridized carbons (Fsp3) is 0.364. The van der Waals surface area contributed by atoms with E-state index in [0.717, 1.165) is 6.07 Å². The van der Waals surface area contributed by atoms with E-state index < -0.39 is 17.3 Å². The molecule has 82 valence electrons. The summed E-state index contributed by atoms with van der Waals surface area (Å²) in [5, 5.41) is 8.79. The van der Waals surface area contributed by atoms with Crippen LogP contribution in [0.3, 0.4) is 0 Å². The number of halogens is 1. The van der Waals surface area contributed by atoms with Gasteiger partial charge in [-0.3, -0.25) is 0 Å². The Morgan fingerprint density at radius 2 is 2.20 bits per heavy atom. The number of rotatable bonds is 4. The lowest BCUT2D eigenvalue weighted by Crippen LogP contribution is -2.09. The van der Waals surface area contributed by atoms with Gasteiger partial charge in [0.1, 0.15) is 17.1 Å². The third-order valence-electron chi connectivity index (χ3n) is 1.76. The molecule has 0 amide bonds. The van der Waals surface area contributed by atoms with Crippen LogP contribution >= 0.6 is 0 Å². The summed E-state index contributed by atoms with van der Waals surface area (Å²) in [5.41, 5.74) is -0.404. The summed E-state index contributed by atoms with van der Waals surface area (Å²) in [5.74, 6) is -1.75. The quantitative estimate of drug-likeness (QED) is 0.834. The van der Waals surface area contributed by atoms with Crippen molar-refractivity contribution in [2.24, 2.45) is 5.92 Å². The van der Waals surface area contributed by atoms with E-state index in [2.05, 4.69) is 0 Å². The van der Waals surface area contributed by atoms with Crippen molar-refractivity contribution in [3.05, 3.63) is 29.6 Å². The first-order valence-corrected chi connectivity index (χ1v) is 4.67. The van der Waals surface area contributed by atoms with E-state index in [-0.39, 0.29) is 11.7 Å². The molecule has 0 atom stereocenters. The second kappa shape index (κ2) is 4.77. The molecule has 1 aromatic carbocycles. The van der Waals surface area contributed by atoms with Gasteiger partial charge in [-0.2, -0.15) is 0 Å². The maximum atomic E-state index is 13.2. The summed E-state index contributed by atoms with van der Waals surface area (Å²) in [6.45, 7) is 4.23. The topological polar surface area (TPSA) is 46.5 Å². The normalized spacial score (nSPS) is 10.4. The van der Waals surface area contributed by atoms with E-state index in [0.29, 0.717) is 6.61 Å². The Kier molecular flexibility index (Phi) is 3.66. The van der Waals surface area contributed by atoms with Crippen molar-refractivity contribution in [3.63, 3.8) is 0 Å². The zero-order valence-corrected chi connectivity index (χ0v) is 8.66. The molecule has 0 aliphatic heterocycles. The Balaban J connectivity index is 2.96. The van der Waals surface area contributed by atoms with Crippen molar-refractivity contribution in [2.75, 3.05) is 6.61 Å². The van der Waals surface area contributed by atoms with Crippen LogP contribution in [0, 0.1) is 11.7 Å². The van der Waals surface area contributed by atoms with Gasteiger partial charge in [-0.1, -0.05) is 19.9 Å². The fourth-order valence-electron chi connectivity index (χ4n) is 1.09. The van der Waals surface area contributed by atoms with Crippen molar-refractivity contribution in [3.8, 4) is 5.75 Å². The molecule has 0 radical (unpaired) electrons. The average molecular weight is 212 g/mol. The van der Waals surface area contributed by atoms with Crippen molar-refractivity contribution in [2.45, 2.75) is 13.8 Å². The first-order valence-electron chi connectivity index (χ1n) is 4.67. The summed E-state index contributed by atoms with van der Waals surface area (Å²) >= 11 is 0. The molecule has 0 saturated heterocycles. The maximum absolute atomic E-state index is 13.2. The predicted octanol–water partition coefficient (Wildman–Crippen LogP) is 2.56. The van der Waals surface area contributed by atoms with Crippen LogP contribution in [0.5, 0.6) is 5.75 Å². The molecule has 0 spiro atoms. The molecule has 0 heterocycles. The lowest BCUT2D eigenvalue weighted by atomic mass is 10.2. The van der Waals surface area contributed by atoms with Crippen LogP contribution in [0.4, 0.5) is 4.39 Å². The van der Waals surface area contributed by atoms with E-state index in [1.807, 2.05) is 13.8 Å². The molecular formula is C11H13FO3. The SMILES string of the molecule is CC(C)COc1cccc(F)c1C(=O)O. The van der Waals surface area contributed by atoms with Gasteiger partial charge in [-0.25, -0.2) is 9.18 Å². The summed E-state index contributed by atoms with van der Waals surface area (Å²) in [6, 6.07) is 3.98. The van der Waals surface area contributed by atoms with Gasteiger partial charge in [0.05, 0.1) is 6.61 Å². The highest BCUT2D eigenvalue weighted by atomic mass is 19.1. The van der Waals surface area contributed by atoms with Gasteiger partial charge in [0.15, 0.2) is 0 Å². The van der Waals surface area contributed by atoms with Crippen LogP contribution in [0.2, 0.25) is 0 Å². The minimum Gasteiger partial charge on any atom is -0.492 e. The fourth-order valence-corrected chi connectivity index (χ4v) is 1.09. The van der Waals surface area contributed by atoms with Gasteiger partial charge in [-0.05, 0) is 18.1 Å². The van der Waals surface area contributed by atoms with Crippen molar-refractivity contribution in [1.82, 2.24) is 0 Å². The number of carboxylic acids is 1. The van der Waals surface area contributed by atoms with Crippen molar-refractivity contribution < 1.29 is 19.0 Å². The highest BCUT2D eigenvalue weighted by Crippen LogP contribution is 2.21. The zero-order valence-electron chi connectivity index (χ0n) is 8.66. The van der Waals surface area contributed by atoms with Crippen molar-refractivity contribution in [1.29, 1.82) is 0 Å². The molecule has 1 aromatic rings. The first-order chi connectivity index (χ1) is 7.02. The standard InChI is InChI=1S/C11H13FO3/c1-7(2)6-15-9-5-3-4-8(12)10(9)11(13)14/h3-5,7H,6H2,1-2H3,(H,13,14). The second-order valence-corrected chi connectivity index (χ2v) is 3.62. The molecule has 0 aliphatic carbocycles. The molecule has 0 fully saturated rings. The van der Waals surface area contributed by atoms with Crippen LogP contribution in [0.1, 0.15) is 24.2 Å². The Morgan fingerprint density at radius 3 is 2.73 bits per heavy atom. The van der Waals surface area contributed by atoms with Crippen LogP contribution < -0.4 is 4.74 Å². The van der Waals surface area contributed by atoms with E-state index in [1.54, 1.807) is 0 Å². The average Bonchev–Trinajstić information content (AvgIpc) is 2.13. The van der Waals surface area contributed by atoms with Crippen LogP contribution in [0.15, 0.2) is 18.2 Å². The third kappa shape index (κ3) is 2.94. The number of aromatic carboxylic acids is 1. The zero-order chi connectivity index (χ0) is 11.4. The molecule has 4 heteroatoms.